The Morgan fingerprint density at radius 3 is 2.25 bits per heavy atom. The van der Waals surface area contributed by atoms with Gasteiger partial charge >= 0.3 is 0 Å². The first-order valence-corrected chi connectivity index (χ1v) is 7.85. The Labute approximate surface area is 124 Å². The van der Waals surface area contributed by atoms with Gasteiger partial charge in [0.05, 0.1) is 12.2 Å². The van der Waals surface area contributed by atoms with Gasteiger partial charge in [0, 0.05) is 0 Å². The van der Waals surface area contributed by atoms with Crippen molar-refractivity contribution in [3.8, 4) is 0 Å². The normalized spacial score (nSPS) is 12.1. The molecule has 1 N–H and O–H groups in total. The quantitative estimate of drug-likeness (QED) is 0.684. The molecular formula is C18H31NO. The van der Waals surface area contributed by atoms with E-state index in [0.29, 0.717) is 6.61 Å². The first-order chi connectivity index (χ1) is 9.43. The molecule has 0 amide bonds. The van der Waals surface area contributed by atoms with Crippen LogP contribution in [0.15, 0.2) is 24.3 Å². The number of hydrogen-bond donors (Lipinski definition) is 1. The largest absolute Gasteiger partial charge is 0.371 e. The highest BCUT2D eigenvalue weighted by molar-refractivity contribution is 5.22. The van der Waals surface area contributed by atoms with Gasteiger partial charge in [-0.05, 0) is 56.8 Å². The molecule has 2 nitrogen and oxygen atoms in total. The first kappa shape index (κ1) is 17.2. The van der Waals surface area contributed by atoms with Gasteiger partial charge in [0.1, 0.15) is 0 Å². The van der Waals surface area contributed by atoms with Crippen LogP contribution in [0.1, 0.15) is 52.2 Å². The molecule has 0 aliphatic heterocycles. The molecule has 1 aromatic carbocycles. The highest BCUT2D eigenvalue weighted by atomic mass is 16.5. The van der Waals surface area contributed by atoms with Crippen LogP contribution < -0.4 is 5.32 Å². The summed E-state index contributed by atoms with van der Waals surface area (Å²) in [6.07, 6.45) is 2.13. The number of rotatable bonds is 9. The van der Waals surface area contributed by atoms with Crippen molar-refractivity contribution in [1.29, 1.82) is 0 Å². The molecule has 114 valence electrons. The molecule has 0 aromatic heterocycles. The molecule has 1 rings (SSSR count). The van der Waals surface area contributed by atoms with Crippen molar-refractivity contribution in [2.24, 2.45) is 5.92 Å². The van der Waals surface area contributed by atoms with Crippen LogP contribution in [0.4, 0.5) is 0 Å². The van der Waals surface area contributed by atoms with Crippen LogP contribution in [0.5, 0.6) is 0 Å². The van der Waals surface area contributed by atoms with E-state index in [9.17, 15) is 0 Å². The molecule has 0 spiro atoms. The smallest absolute Gasteiger partial charge is 0.0724 e. The molecule has 0 saturated heterocycles. The fraction of sp³-hybridized carbons (Fsp3) is 0.667. The molecule has 0 heterocycles. The predicted molar refractivity (Wildman–Crippen MR) is 87.0 cm³/mol. The third-order valence-corrected chi connectivity index (χ3v) is 3.65. The minimum Gasteiger partial charge on any atom is -0.371 e. The summed E-state index contributed by atoms with van der Waals surface area (Å²) in [4.78, 5) is 0. The summed E-state index contributed by atoms with van der Waals surface area (Å²) >= 11 is 0. The fourth-order valence-electron chi connectivity index (χ4n) is 1.81. The predicted octanol–water partition coefficient (Wildman–Crippen LogP) is 4.18. The molecule has 0 saturated carbocycles. The summed E-state index contributed by atoms with van der Waals surface area (Å²) in [6, 6.07) is 8.80. The van der Waals surface area contributed by atoms with Gasteiger partial charge in [-0.2, -0.15) is 0 Å². The Bertz CT molecular complexity index is 368. The van der Waals surface area contributed by atoms with E-state index >= 15 is 0 Å². The van der Waals surface area contributed by atoms with E-state index in [1.807, 2.05) is 0 Å². The Kier molecular flexibility index (Phi) is 7.25. The number of nitrogens with one attached hydrogen (secondary N) is 1. The maximum absolute atomic E-state index is 5.92. The van der Waals surface area contributed by atoms with E-state index in [2.05, 4.69) is 64.2 Å². The van der Waals surface area contributed by atoms with Crippen molar-refractivity contribution in [2.75, 3.05) is 13.1 Å². The number of ether oxygens (including phenoxy) is 1. The minimum atomic E-state index is -0.0283. The average molecular weight is 277 g/mol. The lowest BCUT2D eigenvalue weighted by Gasteiger charge is -2.23. The zero-order chi connectivity index (χ0) is 15.0. The highest BCUT2D eigenvalue weighted by Gasteiger charge is 2.14. The molecule has 0 aliphatic carbocycles. The van der Waals surface area contributed by atoms with Crippen LogP contribution in [0, 0.1) is 5.92 Å². The van der Waals surface area contributed by atoms with Gasteiger partial charge in [0.25, 0.3) is 0 Å². The van der Waals surface area contributed by atoms with Gasteiger partial charge in [-0.3, -0.25) is 0 Å². The summed E-state index contributed by atoms with van der Waals surface area (Å²) in [6.45, 7) is 13.8. The van der Waals surface area contributed by atoms with Crippen LogP contribution in [-0.4, -0.2) is 18.7 Å². The van der Waals surface area contributed by atoms with E-state index in [1.165, 1.54) is 11.1 Å². The fourth-order valence-corrected chi connectivity index (χ4v) is 1.81. The van der Waals surface area contributed by atoms with Gasteiger partial charge in [0.2, 0.25) is 0 Å². The summed E-state index contributed by atoms with van der Waals surface area (Å²) in [5, 5.41) is 3.48. The highest BCUT2D eigenvalue weighted by Crippen LogP contribution is 2.16. The monoisotopic (exact) mass is 277 g/mol. The van der Waals surface area contributed by atoms with Crippen molar-refractivity contribution in [3.05, 3.63) is 35.4 Å². The lowest BCUT2D eigenvalue weighted by atomic mass is 10.1. The van der Waals surface area contributed by atoms with Gasteiger partial charge < -0.3 is 10.1 Å². The second-order valence-corrected chi connectivity index (χ2v) is 6.57. The first-order valence-electron chi connectivity index (χ1n) is 7.85. The lowest BCUT2D eigenvalue weighted by molar-refractivity contribution is -0.0316. The van der Waals surface area contributed by atoms with Crippen LogP contribution in [0.3, 0.4) is 0 Å². The summed E-state index contributed by atoms with van der Waals surface area (Å²) in [5.41, 5.74) is 2.62. The van der Waals surface area contributed by atoms with Gasteiger partial charge in [-0.15, -0.1) is 0 Å². The minimum absolute atomic E-state index is 0.0283. The Balaban J connectivity index is 2.33. The van der Waals surface area contributed by atoms with Crippen LogP contribution >= 0.6 is 0 Å². The van der Waals surface area contributed by atoms with E-state index in [-0.39, 0.29) is 5.60 Å². The summed E-state index contributed by atoms with van der Waals surface area (Å²) < 4.78 is 5.92. The van der Waals surface area contributed by atoms with E-state index in [0.717, 1.165) is 31.8 Å². The van der Waals surface area contributed by atoms with E-state index in [1.54, 1.807) is 0 Å². The Hall–Kier alpha value is -0.860. The molecule has 1 aromatic rings. The van der Waals surface area contributed by atoms with Crippen LogP contribution in [0.25, 0.3) is 0 Å². The third-order valence-electron chi connectivity index (χ3n) is 3.65. The second kappa shape index (κ2) is 8.43. The number of hydrogen-bond acceptors (Lipinski definition) is 2. The average Bonchev–Trinajstić information content (AvgIpc) is 2.42. The van der Waals surface area contributed by atoms with E-state index in [4.69, 9.17) is 4.74 Å². The zero-order valence-electron chi connectivity index (χ0n) is 13.8. The lowest BCUT2D eigenvalue weighted by Crippen LogP contribution is -2.22. The van der Waals surface area contributed by atoms with E-state index < -0.39 is 0 Å². The zero-order valence-corrected chi connectivity index (χ0v) is 13.8. The standard InChI is InChI=1S/C18H31NO/c1-6-18(4,5)20-14-17-9-7-16(8-10-17)11-12-19-13-15(2)3/h7-10,15,19H,6,11-14H2,1-5H3. The summed E-state index contributed by atoms with van der Waals surface area (Å²) in [5.74, 6) is 0.719. The topological polar surface area (TPSA) is 21.3 Å². The molecule has 2 heteroatoms. The molecule has 20 heavy (non-hydrogen) atoms. The molecule has 0 bridgehead atoms. The molecule has 0 radical (unpaired) electrons. The third kappa shape index (κ3) is 7.06. The molecule has 0 unspecified atom stereocenters. The van der Waals surface area contributed by atoms with Gasteiger partial charge in [-0.25, -0.2) is 0 Å². The van der Waals surface area contributed by atoms with Gasteiger partial charge in [0.15, 0.2) is 0 Å². The Morgan fingerprint density at radius 2 is 1.70 bits per heavy atom. The maximum atomic E-state index is 5.92. The van der Waals surface area contributed by atoms with Crippen molar-refractivity contribution in [3.63, 3.8) is 0 Å². The second-order valence-electron chi connectivity index (χ2n) is 6.57. The molecule has 0 atom stereocenters. The van der Waals surface area contributed by atoms with Gasteiger partial charge in [-0.1, -0.05) is 45.0 Å². The van der Waals surface area contributed by atoms with Crippen LogP contribution in [0.2, 0.25) is 0 Å². The molecule has 0 aliphatic rings. The number of benzene rings is 1. The van der Waals surface area contributed by atoms with Crippen molar-refractivity contribution in [2.45, 2.75) is 59.7 Å². The summed E-state index contributed by atoms with van der Waals surface area (Å²) in [7, 11) is 0. The van der Waals surface area contributed by atoms with Crippen LogP contribution in [-0.2, 0) is 17.8 Å². The Morgan fingerprint density at radius 1 is 1.10 bits per heavy atom. The molecule has 0 fully saturated rings. The van der Waals surface area contributed by atoms with Crippen molar-refractivity contribution < 1.29 is 4.74 Å². The maximum Gasteiger partial charge on any atom is 0.0724 e. The molecular weight excluding hydrogens is 246 g/mol. The SMILES string of the molecule is CCC(C)(C)OCc1ccc(CCNCC(C)C)cc1. The van der Waals surface area contributed by atoms with Crippen molar-refractivity contribution >= 4 is 0 Å². The van der Waals surface area contributed by atoms with Crippen molar-refractivity contribution in [1.82, 2.24) is 5.32 Å².